The molecule has 0 aliphatic rings. The van der Waals surface area contributed by atoms with Crippen molar-refractivity contribution in [3.63, 3.8) is 0 Å². The second kappa shape index (κ2) is 11.0. The Morgan fingerprint density at radius 2 is 0.868 bits per heavy atom. The van der Waals surface area contributed by atoms with Gasteiger partial charge in [0.1, 0.15) is 0 Å². The van der Waals surface area contributed by atoms with Crippen LogP contribution in [0, 0.1) is 11.8 Å². The van der Waals surface area contributed by atoms with Crippen LogP contribution in [-0.4, -0.2) is 13.1 Å². The molecule has 0 amide bonds. The van der Waals surface area contributed by atoms with Crippen LogP contribution in [0.2, 0.25) is 0 Å². The maximum atomic E-state index is 13.4. The van der Waals surface area contributed by atoms with E-state index >= 15 is 0 Å². The van der Waals surface area contributed by atoms with Crippen molar-refractivity contribution in [2.75, 3.05) is 23.7 Å². The van der Waals surface area contributed by atoms with Gasteiger partial charge in [-0.3, -0.25) is 10.2 Å². The van der Waals surface area contributed by atoms with Crippen LogP contribution in [0.15, 0.2) is 24.3 Å². The predicted octanol–water partition coefficient (Wildman–Crippen LogP) is 9.96. The van der Waals surface area contributed by atoms with Gasteiger partial charge in [-0.25, -0.2) is 0 Å². The van der Waals surface area contributed by atoms with Crippen molar-refractivity contribution in [1.82, 2.24) is 0 Å². The average Bonchev–Trinajstić information content (AvgIpc) is 2.71. The van der Waals surface area contributed by atoms with Gasteiger partial charge in [0.25, 0.3) is 0 Å². The van der Waals surface area contributed by atoms with Crippen LogP contribution >= 0.6 is 0 Å². The molecule has 0 atom stereocenters. The molecule has 2 aromatic rings. The molecule has 2 radical (unpaired) electrons. The topological polar surface area (TPSA) is 63.9 Å². The maximum absolute atomic E-state index is 13.4. The molecule has 0 unspecified atom stereocenters. The van der Waals surface area contributed by atoms with E-state index in [0.29, 0.717) is 30.4 Å². The van der Waals surface area contributed by atoms with E-state index in [1.54, 1.807) is 0 Å². The van der Waals surface area contributed by atoms with Crippen LogP contribution in [-0.2, 0) is 31.9 Å². The smallest absolute Gasteiger partial charge is 0.205 e. The third-order valence-electron chi connectivity index (χ3n) is 7.58. The molecule has 212 valence electrons. The van der Waals surface area contributed by atoms with E-state index < -0.39 is 0 Å². The lowest BCUT2D eigenvalue weighted by atomic mass is 9.79. The summed E-state index contributed by atoms with van der Waals surface area (Å²) < 4.78 is 0. The normalized spacial score (nSPS) is 13.4. The van der Waals surface area contributed by atoms with Crippen LogP contribution in [0.25, 0.3) is 0 Å². The summed E-state index contributed by atoms with van der Waals surface area (Å²) in [5.74, 6) is 0.744. The molecule has 0 spiro atoms. The average molecular weight is 523 g/mol. The van der Waals surface area contributed by atoms with Crippen molar-refractivity contribution in [3.05, 3.63) is 46.5 Å². The fourth-order valence-electron chi connectivity index (χ4n) is 4.53. The Morgan fingerprint density at radius 1 is 0.553 bits per heavy atom. The quantitative estimate of drug-likeness (QED) is 0.380. The van der Waals surface area contributed by atoms with Gasteiger partial charge in [0.15, 0.2) is 0 Å². The lowest BCUT2D eigenvalue weighted by Crippen LogP contribution is -2.28. The number of hydrogen-bond donors (Lipinski definition) is 2. The Kier molecular flexibility index (Phi) is 9.24. The van der Waals surface area contributed by atoms with Gasteiger partial charge in [-0.2, -0.15) is 0 Å². The zero-order valence-electron chi connectivity index (χ0n) is 26.7. The minimum Gasteiger partial charge on any atom is -0.382 e. The molecular weight excluding hydrogens is 468 g/mol. The Balaban J connectivity index is 2.37. The highest BCUT2D eigenvalue weighted by Gasteiger charge is 2.28. The predicted molar refractivity (Wildman–Crippen MR) is 163 cm³/mol. The van der Waals surface area contributed by atoms with Gasteiger partial charge in [0.05, 0.1) is 11.4 Å². The molecule has 0 saturated heterocycles. The summed E-state index contributed by atoms with van der Waals surface area (Å²) in [6.45, 7) is 31.4. The summed E-state index contributed by atoms with van der Waals surface area (Å²) in [7, 11) is 0. The van der Waals surface area contributed by atoms with Crippen LogP contribution in [0.1, 0.15) is 119 Å². The first-order valence-electron chi connectivity index (χ1n) is 14.2. The van der Waals surface area contributed by atoms with Crippen LogP contribution < -0.4 is 10.6 Å². The van der Waals surface area contributed by atoms with E-state index in [4.69, 9.17) is 0 Å². The third-order valence-corrected chi connectivity index (χ3v) is 7.58. The summed E-state index contributed by atoms with van der Waals surface area (Å²) in [5.41, 5.74) is 4.76. The first kappa shape index (κ1) is 31.9. The molecule has 0 aliphatic carbocycles. The molecule has 2 aromatic carbocycles. The minimum atomic E-state index is -0.235. The van der Waals surface area contributed by atoms with E-state index in [9.17, 15) is 10.2 Å². The second-order valence-electron chi connectivity index (χ2n) is 15.6. The molecule has 4 nitrogen and oxygen atoms in total. The zero-order chi connectivity index (χ0) is 29.4. The monoisotopic (exact) mass is 522 g/mol. The van der Waals surface area contributed by atoms with Crippen LogP contribution in [0.3, 0.4) is 0 Å². The van der Waals surface area contributed by atoms with Gasteiger partial charge in [-0.05, 0) is 56.8 Å². The molecule has 2 N–H and O–H groups in total. The molecule has 0 aliphatic heterocycles. The highest BCUT2D eigenvalue weighted by atomic mass is 16.3. The van der Waals surface area contributed by atoms with Crippen molar-refractivity contribution in [3.8, 4) is 11.5 Å². The molecule has 0 aromatic heterocycles. The summed E-state index contributed by atoms with van der Waals surface area (Å²) in [6, 6.07) is 8.22. The number of benzene rings is 2. The van der Waals surface area contributed by atoms with Crippen LogP contribution in [0.5, 0.6) is 11.5 Å². The zero-order valence-corrected chi connectivity index (χ0v) is 26.7. The molecule has 4 heteroatoms. The Bertz CT molecular complexity index is 1020. The van der Waals surface area contributed by atoms with Gasteiger partial charge >= 0.3 is 0 Å². The molecule has 2 rings (SSSR count). The molecule has 0 heterocycles. The lowest BCUT2D eigenvalue weighted by molar-refractivity contribution is 0.341. The fourth-order valence-corrected chi connectivity index (χ4v) is 4.53. The summed E-state index contributed by atoms with van der Waals surface area (Å²) in [5, 5.41) is 33.9. The van der Waals surface area contributed by atoms with E-state index in [2.05, 4.69) is 120 Å². The molecular formula is C34H54N2O2. The molecule has 0 saturated carbocycles. The van der Waals surface area contributed by atoms with Crippen molar-refractivity contribution in [2.24, 2.45) is 11.8 Å². The second-order valence-corrected chi connectivity index (χ2v) is 15.6. The molecule has 0 fully saturated rings. The van der Waals surface area contributed by atoms with Crippen molar-refractivity contribution < 1.29 is 10.2 Å². The Labute approximate surface area is 233 Å². The van der Waals surface area contributed by atoms with E-state index in [-0.39, 0.29) is 39.1 Å². The first-order valence-corrected chi connectivity index (χ1v) is 14.2. The Hall–Kier alpha value is -2.36. The van der Waals surface area contributed by atoms with Gasteiger partial charge in [0, 0.05) is 24.2 Å². The standard InChI is InChI=1S/C34H54N2O2/c1-21(2)22(19-35-27-17-23(31(3,4)5)15-25(29(27)37)33(9,10)11)20-36-28-18-24(32(6,7)8)16-26(30(28)38)34(12,13)14/h15-18,21-22,35-36H,19-20H2,1-14H3. The number of hydrogen-bond acceptors (Lipinski definition) is 2. The third kappa shape index (κ3) is 7.83. The minimum absolute atomic E-state index is 0.0590. The van der Waals surface area contributed by atoms with Gasteiger partial charge in [0.2, 0.25) is 11.5 Å². The highest BCUT2D eigenvalue weighted by Crippen LogP contribution is 2.42. The SMILES string of the molecule is CC(C)C(CNc1cc(C(C)(C)C)cc(C(C)(C)C)c1[O])CNc1cc(C(C)(C)C)cc(C(C)(C)C)c1[O]. The van der Waals surface area contributed by atoms with Gasteiger partial charge < -0.3 is 10.6 Å². The molecule has 0 bridgehead atoms. The highest BCUT2D eigenvalue weighted by molar-refractivity contribution is 5.65. The maximum Gasteiger partial charge on any atom is 0.205 e. The van der Waals surface area contributed by atoms with Crippen molar-refractivity contribution in [1.29, 1.82) is 0 Å². The van der Waals surface area contributed by atoms with Crippen LogP contribution in [0.4, 0.5) is 11.4 Å². The summed E-state index contributed by atoms with van der Waals surface area (Å²) >= 11 is 0. The first-order chi connectivity index (χ1) is 17.0. The summed E-state index contributed by atoms with van der Waals surface area (Å²) in [6.07, 6.45) is 0. The Morgan fingerprint density at radius 3 is 1.11 bits per heavy atom. The van der Waals surface area contributed by atoms with E-state index in [1.165, 1.54) is 0 Å². The number of rotatable bonds is 7. The van der Waals surface area contributed by atoms with Crippen molar-refractivity contribution >= 4 is 11.4 Å². The summed E-state index contributed by atoms with van der Waals surface area (Å²) in [4.78, 5) is 0. The van der Waals surface area contributed by atoms with Gasteiger partial charge in [-0.1, -0.05) is 109 Å². The number of anilines is 2. The number of nitrogens with one attached hydrogen (secondary N) is 2. The largest absolute Gasteiger partial charge is 0.382 e. The van der Waals surface area contributed by atoms with E-state index in [0.717, 1.165) is 22.3 Å². The van der Waals surface area contributed by atoms with Gasteiger partial charge in [-0.15, -0.1) is 0 Å². The van der Waals surface area contributed by atoms with E-state index in [1.807, 2.05) is 12.1 Å². The van der Waals surface area contributed by atoms with Crippen molar-refractivity contribution in [2.45, 2.75) is 119 Å². The lowest BCUT2D eigenvalue weighted by Gasteiger charge is -2.29. The fraction of sp³-hybridized carbons (Fsp3) is 0.647. The molecule has 38 heavy (non-hydrogen) atoms.